The van der Waals surface area contributed by atoms with Gasteiger partial charge in [-0.15, -0.1) is 24.0 Å². The highest BCUT2D eigenvalue weighted by atomic mass is 127. The molecule has 1 spiro atoms. The molecule has 4 nitrogen and oxygen atoms in total. The molecule has 0 unspecified atom stereocenters. The summed E-state index contributed by atoms with van der Waals surface area (Å²) in [6, 6.07) is 3.04. The van der Waals surface area contributed by atoms with E-state index in [1.165, 1.54) is 31.7 Å². The van der Waals surface area contributed by atoms with E-state index in [2.05, 4.69) is 20.2 Å². The van der Waals surface area contributed by atoms with Crippen LogP contribution in [0.25, 0.3) is 0 Å². The summed E-state index contributed by atoms with van der Waals surface area (Å²) in [5.41, 5.74) is 0.972. The van der Waals surface area contributed by atoms with Crippen LogP contribution in [0.5, 0.6) is 0 Å². The van der Waals surface area contributed by atoms with Crippen LogP contribution in [-0.2, 0) is 6.54 Å². The number of likely N-dealkylation sites (tertiary alicyclic amines) is 1. The molecule has 1 aliphatic heterocycles. The molecule has 0 amide bonds. The number of guanidine groups is 1. The summed E-state index contributed by atoms with van der Waals surface area (Å²) < 4.78 is 13.6. The van der Waals surface area contributed by atoms with Gasteiger partial charge in [0.1, 0.15) is 5.82 Å². The second-order valence-corrected chi connectivity index (χ2v) is 5.86. The number of rotatable bonds is 2. The van der Waals surface area contributed by atoms with Crippen molar-refractivity contribution in [2.75, 3.05) is 20.1 Å². The number of nitrogens with one attached hydrogen (secondary N) is 1. The first-order valence-electron chi connectivity index (χ1n) is 7.27. The van der Waals surface area contributed by atoms with Gasteiger partial charge >= 0.3 is 0 Å². The van der Waals surface area contributed by atoms with Gasteiger partial charge in [-0.1, -0.05) is 6.42 Å². The van der Waals surface area contributed by atoms with Gasteiger partial charge in [0.25, 0.3) is 0 Å². The van der Waals surface area contributed by atoms with Gasteiger partial charge in [-0.2, -0.15) is 0 Å². The van der Waals surface area contributed by atoms with Gasteiger partial charge in [0, 0.05) is 26.3 Å². The third-order valence-corrected chi connectivity index (χ3v) is 4.61. The highest BCUT2D eigenvalue weighted by Gasteiger charge is 2.43. The fourth-order valence-corrected chi connectivity index (χ4v) is 3.24. The second-order valence-electron chi connectivity index (χ2n) is 5.86. The maximum atomic E-state index is 13.6. The minimum Gasteiger partial charge on any atom is -0.350 e. The molecule has 0 aromatic carbocycles. The Morgan fingerprint density at radius 3 is 2.86 bits per heavy atom. The number of halogens is 2. The zero-order valence-electron chi connectivity index (χ0n) is 12.3. The lowest BCUT2D eigenvalue weighted by molar-refractivity contribution is 0.151. The lowest BCUT2D eigenvalue weighted by Gasteiger charge is -2.38. The van der Waals surface area contributed by atoms with E-state index in [1.54, 1.807) is 19.3 Å². The smallest absolute Gasteiger partial charge is 0.193 e. The van der Waals surface area contributed by atoms with Crippen LogP contribution in [0.2, 0.25) is 0 Å². The highest BCUT2D eigenvalue weighted by molar-refractivity contribution is 14.0. The van der Waals surface area contributed by atoms with Crippen LogP contribution < -0.4 is 5.32 Å². The molecule has 0 bridgehead atoms. The Morgan fingerprint density at radius 2 is 2.29 bits per heavy atom. The summed E-state index contributed by atoms with van der Waals surface area (Å²) in [6.07, 6.45) is 6.91. The monoisotopic (exact) mass is 404 g/mol. The number of aliphatic imine (C=N–C) groups is 1. The molecule has 1 saturated carbocycles. The zero-order valence-corrected chi connectivity index (χ0v) is 14.6. The molecule has 1 N–H and O–H groups in total. The molecule has 116 valence electrons. The van der Waals surface area contributed by atoms with E-state index in [1.807, 2.05) is 0 Å². The molecular weight excluding hydrogens is 382 g/mol. The molecule has 2 aliphatic rings. The Balaban J connectivity index is 0.00000161. The quantitative estimate of drug-likeness (QED) is 0.468. The molecule has 3 rings (SSSR count). The minimum atomic E-state index is -0.271. The van der Waals surface area contributed by atoms with Crippen molar-refractivity contribution >= 4 is 29.9 Å². The Kier molecular flexibility index (Phi) is 5.40. The van der Waals surface area contributed by atoms with Crippen LogP contribution in [0.4, 0.5) is 4.39 Å². The predicted octanol–water partition coefficient (Wildman–Crippen LogP) is 2.79. The third-order valence-electron chi connectivity index (χ3n) is 4.61. The van der Waals surface area contributed by atoms with Crippen LogP contribution in [0, 0.1) is 11.2 Å². The lowest BCUT2D eigenvalue weighted by Crippen LogP contribution is -2.42. The van der Waals surface area contributed by atoms with Gasteiger partial charge in [-0.3, -0.25) is 9.98 Å². The standard InChI is InChI=1S/C15H21FN4.HI/c1-17-14(19-10-13-12(16)4-2-8-18-13)20-9-7-15(11-20)5-3-6-15;/h2,4,8H,3,5-7,9-11H2,1H3,(H,17,19);1H. The maximum Gasteiger partial charge on any atom is 0.193 e. The SMILES string of the molecule is CN=C(NCc1ncccc1F)N1CCC2(CCC2)C1.I. The Morgan fingerprint density at radius 1 is 1.48 bits per heavy atom. The Labute approximate surface area is 142 Å². The second kappa shape index (κ2) is 6.89. The minimum absolute atomic E-state index is 0. The summed E-state index contributed by atoms with van der Waals surface area (Å²) in [4.78, 5) is 10.7. The molecule has 1 saturated heterocycles. The van der Waals surface area contributed by atoms with Crippen molar-refractivity contribution in [3.8, 4) is 0 Å². The van der Waals surface area contributed by atoms with E-state index in [4.69, 9.17) is 0 Å². The molecule has 6 heteroatoms. The van der Waals surface area contributed by atoms with E-state index in [0.29, 0.717) is 17.7 Å². The number of nitrogens with zero attached hydrogens (tertiary/aromatic N) is 3. The normalized spacial score (nSPS) is 20.1. The van der Waals surface area contributed by atoms with Crippen LogP contribution in [0.15, 0.2) is 23.3 Å². The fraction of sp³-hybridized carbons (Fsp3) is 0.600. The van der Waals surface area contributed by atoms with Gasteiger partial charge in [-0.05, 0) is 36.8 Å². The first-order valence-corrected chi connectivity index (χ1v) is 7.27. The van der Waals surface area contributed by atoms with Crippen molar-refractivity contribution < 1.29 is 4.39 Å². The van der Waals surface area contributed by atoms with Crippen LogP contribution in [-0.4, -0.2) is 36.0 Å². The van der Waals surface area contributed by atoms with Gasteiger partial charge in [-0.25, -0.2) is 4.39 Å². The van der Waals surface area contributed by atoms with Crippen LogP contribution >= 0.6 is 24.0 Å². The molecule has 0 radical (unpaired) electrons. The summed E-state index contributed by atoms with van der Waals surface area (Å²) in [7, 11) is 1.78. The van der Waals surface area contributed by atoms with Crippen molar-refractivity contribution in [1.29, 1.82) is 0 Å². The molecule has 1 aromatic heterocycles. The highest BCUT2D eigenvalue weighted by Crippen LogP contribution is 2.47. The Hall–Kier alpha value is -0.920. The first-order chi connectivity index (χ1) is 9.72. The van der Waals surface area contributed by atoms with Gasteiger partial charge in [0.2, 0.25) is 0 Å². The van der Waals surface area contributed by atoms with E-state index in [9.17, 15) is 4.39 Å². The van der Waals surface area contributed by atoms with Crippen molar-refractivity contribution in [3.05, 3.63) is 29.8 Å². The summed E-state index contributed by atoms with van der Waals surface area (Å²) >= 11 is 0. The van der Waals surface area contributed by atoms with E-state index < -0.39 is 0 Å². The number of hydrogen-bond donors (Lipinski definition) is 1. The number of hydrogen-bond acceptors (Lipinski definition) is 2. The van der Waals surface area contributed by atoms with E-state index in [0.717, 1.165) is 19.0 Å². The average Bonchev–Trinajstić information content (AvgIpc) is 2.87. The molecule has 21 heavy (non-hydrogen) atoms. The van der Waals surface area contributed by atoms with Crippen molar-refractivity contribution in [2.24, 2.45) is 10.4 Å². The zero-order chi connectivity index (χ0) is 14.0. The number of aromatic nitrogens is 1. The van der Waals surface area contributed by atoms with Gasteiger partial charge < -0.3 is 10.2 Å². The summed E-state index contributed by atoms with van der Waals surface area (Å²) in [5.74, 6) is 0.589. The number of pyridine rings is 1. The van der Waals surface area contributed by atoms with Crippen molar-refractivity contribution in [3.63, 3.8) is 0 Å². The predicted molar refractivity (Wildman–Crippen MR) is 92.3 cm³/mol. The van der Waals surface area contributed by atoms with Crippen molar-refractivity contribution in [2.45, 2.75) is 32.2 Å². The van der Waals surface area contributed by atoms with Gasteiger partial charge in [0.05, 0.1) is 12.2 Å². The average molecular weight is 404 g/mol. The topological polar surface area (TPSA) is 40.5 Å². The van der Waals surface area contributed by atoms with Crippen molar-refractivity contribution in [1.82, 2.24) is 15.2 Å². The molecule has 1 aliphatic carbocycles. The lowest BCUT2D eigenvalue weighted by atomic mass is 9.68. The maximum absolute atomic E-state index is 13.6. The fourth-order valence-electron chi connectivity index (χ4n) is 3.24. The van der Waals surface area contributed by atoms with Crippen LogP contribution in [0.3, 0.4) is 0 Å². The largest absolute Gasteiger partial charge is 0.350 e. The van der Waals surface area contributed by atoms with Gasteiger partial charge in [0.15, 0.2) is 5.96 Å². The summed E-state index contributed by atoms with van der Waals surface area (Å²) in [6.45, 7) is 2.50. The summed E-state index contributed by atoms with van der Waals surface area (Å²) in [5, 5.41) is 3.23. The Bertz CT molecular complexity index is 516. The first kappa shape index (κ1) is 16.5. The molecule has 1 aromatic rings. The molecule has 0 atom stereocenters. The third kappa shape index (κ3) is 3.46. The molecular formula is C15H22FIN4. The van der Waals surface area contributed by atoms with Crippen LogP contribution in [0.1, 0.15) is 31.4 Å². The molecule has 2 fully saturated rings. The van der Waals surface area contributed by atoms with E-state index >= 15 is 0 Å². The molecule has 2 heterocycles. The van der Waals surface area contributed by atoms with E-state index in [-0.39, 0.29) is 29.8 Å².